The van der Waals surface area contributed by atoms with E-state index in [4.69, 9.17) is 11.5 Å². The highest BCUT2D eigenvalue weighted by atomic mass is 16.2. The summed E-state index contributed by atoms with van der Waals surface area (Å²) in [6, 6.07) is 15.9. The summed E-state index contributed by atoms with van der Waals surface area (Å²) in [4.78, 5) is 23.8. The van der Waals surface area contributed by atoms with E-state index in [1.807, 2.05) is 68.4 Å². The lowest BCUT2D eigenvalue weighted by atomic mass is 9.99. The largest absolute Gasteiger partial charge is 0.368 e. The Labute approximate surface area is 148 Å². The minimum absolute atomic E-state index is 0.235. The Bertz CT molecular complexity index is 711. The number of amides is 2. The van der Waals surface area contributed by atoms with Crippen molar-refractivity contribution < 1.29 is 9.59 Å². The fourth-order valence-electron chi connectivity index (χ4n) is 2.64. The summed E-state index contributed by atoms with van der Waals surface area (Å²) in [6.45, 7) is 3.93. The first kappa shape index (κ1) is 18.7. The van der Waals surface area contributed by atoms with Gasteiger partial charge in [0.1, 0.15) is 12.1 Å². The van der Waals surface area contributed by atoms with Crippen LogP contribution in [0.4, 0.5) is 0 Å². The first-order chi connectivity index (χ1) is 11.9. The number of hydrogen-bond acceptors (Lipinski definition) is 3. The molecule has 0 aliphatic heterocycles. The molecule has 2 atom stereocenters. The van der Waals surface area contributed by atoms with Crippen molar-refractivity contribution in [2.45, 2.75) is 32.4 Å². The van der Waals surface area contributed by atoms with Crippen molar-refractivity contribution in [3.05, 3.63) is 60.2 Å². The van der Waals surface area contributed by atoms with E-state index >= 15 is 0 Å². The van der Waals surface area contributed by atoms with E-state index in [-0.39, 0.29) is 5.92 Å². The summed E-state index contributed by atoms with van der Waals surface area (Å²) >= 11 is 0. The molecule has 5 heteroatoms. The molecule has 0 fully saturated rings. The molecule has 2 rings (SSSR count). The predicted molar refractivity (Wildman–Crippen MR) is 99.4 cm³/mol. The molecule has 132 valence electrons. The third-order valence-electron chi connectivity index (χ3n) is 4.03. The molecule has 0 aliphatic carbocycles. The molecular formula is C20H25N3O2. The Hall–Kier alpha value is -2.66. The van der Waals surface area contributed by atoms with Gasteiger partial charge in [-0.15, -0.1) is 0 Å². The fourth-order valence-corrected chi connectivity index (χ4v) is 2.64. The first-order valence-electron chi connectivity index (χ1n) is 8.39. The van der Waals surface area contributed by atoms with E-state index in [1.54, 1.807) is 0 Å². The maximum atomic E-state index is 12.4. The Morgan fingerprint density at radius 3 is 2.04 bits per heavy atom. The number of nitrogens with two attached hydrogens (primary N) is 2. The van der Waals surface area contributed by atoms with E-state index in [2.05, 4.69) is 5.32 Å². The van der Waals surface area contributed by atoms with Crippen molar-refractivity contribution in [2.24, 2.45) is 17.4 Å². The van der Waals surface area contributed by atoms with Crippen LogP contribution in [-0.4, -0.2) is 17.9 Å². The molecule has 5 N–H and O–H groups in total. The van der Waals surface area contributed by atoms with Gasteiger partial charge in [0.05, 0.1) is 0 Å². The molecule has 0 heterocycles. The summed E-state index contributed by atoms with van der Waals surface area (Å²) in [5.74, 6) is -0.718. The number of hydrogen-bond donors (Lipinski definition) is 3. The quantitative estimate of drug-likeness (QED) is 0.722. The van der Waals surface area contributed by atoms with Crippen LogP contribution < -0.4 is 16.8 Å². The molecule has 2 aromatic carbocycles. The van der Waals surface area contributed by atoms with Gasteiger partial charge >= 0.3 is 0 Å². The maximum absolute atomic E-state index is 12.4. The van der Waals surface area contributed by atoms with E-state index in [0.717, 1.165) is 11.1 Å². The number of carbonyl (C=O) groups is 2. The molecule has 0 bridgehead atoms. The Balaban J connectivity index is 2.07. The van der Waals surface area contributed by atoms with Crippen LogP contribution in [0.2, 0.25) is 0 Å². The van der Waals surface area contributed by atoms with Crippen LogP contribution in [0.25, 0.3) is 11.1 Å². The lowest BCUT2D eigenvalue weighted by molar-refractivity contribution is -0.128. The number of benzene rings is 2. The highest BCUT2D eigenvalue weighted by Gasteiger charge is 2.23. The molecule has 0 aliphatic rings. The predicted octanol–water partition coefficient (Wildman–Crippen LogP) is 2.37. The van der Waals surface area contributed by atoms with Crippen molar-refractivity contribution in [1.82, 2.24) is 5.32 Å². The second-order valence-electron chi connectivity index (χ2n) is 6.56. The highest BCUT2D eigenvalue weighted by molar-refractivity contribution is 5.89. The Morgan fingerprint density at radius 1 is 0.960 bits per heavy atom. The minimum atomic E-state index is -0.848. The maximum Gasteiger partial charge on any atom is 0.242 e. The number of primary amides is 1. The fraction of sp³-hybridized carbons (Fsp3) is 0.300. The van der Waals surface area contributed by atoms with Gasteiger partial charge in [-0.25, -0.2) is 0 Å². The SMILES string of the molecule is CC(C)C[C@H](NC(=O)[C@H](N)c1ccc(-c2ccccc2)cc1)C(N)=O. The van der Waals surface area contributed by atoms with Crippen LogP contribution in [0.1, 0.15) is 31.9 Å². The summed E-state index contributed by atoms with van der Waals surface area (Å²) in [7, 11) is 0. The normalized spacial score (nSPS) is 13.3. The minimum Gasteiger partial charge on any atom is -0.368 e. The zero-order chi connectivity index (χ0) is 18.4. The number of carbonyl (C=O) groups excluding carboxylic acids is 2. The van der Waals surface area contributed by atoms with Crippen LogP contribution in [0.3, 0.4) is 0 Å². The third kappa shape index (κ3) is 5.16. The van der Waals surface area contributed by atoms with E-state index in [9.17, 15) is 9.59 Å². The van der Waals surface area contributed by atoms with Crippen LogP contribution in [-0.2, 0) is 9.59 Å². The molecule has 0 saturated heterocycles. The van der Waals surface area contributed by atoms with Crippen molar-refractivity contribution in [1.29, 1.82) is 0 Å². The Morgan fingerprint density at radius 2 is 1.52 bits per heavy atom. The van der Waals surface area contributed by atoms with Crippen molar-refractivity contribution in [3.63, 3.8) is 0 Å². The third-order valence-corrected chi connectivity index (χ3v) is 4.03. The average Bonchev–Trinajstić information content (AvgIpc) is 2.61. The van der Waals surface area contributed by atoms with Crippen LogP contribution in [0, 0.1) is 5.92 Å². The Kier molecular flexibility index (Phi) is 6.31. The zero-order valence-electron chi connectivity index (χ0n) is 14.6. The number of nitrogens with one attached hydrogen (secondary N) is 1. The first-order valence-corrected chi connectivity index (χ1v) is 8.39. The van der Waals surface area contributed by atoms with E-state index in [0.29, 0.717) is 12.0 Å². The molecular weight excluding hydrogens is 314 g/mol. The van der Waals surface area contributed by atoms with Crippen molar-refractivity contribution >= 4 is 11.8 Å². The van der Waals surface area contributed by atoms with Crippen molar-refractivity contribution in [2.75, 3.05) is 0 Å². The van der Waals surface area contributed by atoms with Gasteiger partial charge in [-0.1, -0.05) is 68.4 Å². The smallest absolute Gasteiger partial charge is 0.242 e. The molecule has 5 nitrogen and oxygen atoms in total. The lowest BCUT2D eigenvalue weighted by Gasteiger charge is -2.20. The molecule has 0 spiro atoms. The van der Waals surface area contributed by atoms with E-state index in [1.165, 1.54) is 0 Å². The average molecular weight is 339 g/mol. The summed E-state index contributed by atoms with van der Waals surface area (Å²) in [5.41, 5.74) is 14.2. The standard InChI is InChI=1S/C20H25N3O2/c1-13(2)12-17(19(22)24)23-20(25)18(21)16-10-8-15(9-11-16)14-6-4-3-5-7-14/h3-11,13,17-18H,12,21H2,1-2H3,(H2,22,24)(H,23,25)/t17-,18+/m0/s1. The van der Waals surface area contributed by atoms with Crippen molar-refractivity contribution in [3.8, 4) is 11.1 Å². The molecule has 0 unspecified atom stereocenters. The molecule has 25 heavy (non-hydrogen) atoms. The van der Waals surface area contributed by atoms with Gasteiger partial charge in [-0.3, -0.25) is 9.59 Å². The van der Waals surface area contributed by atoms with E-state index < -0.39 is 23.9 Å². The topological polar surface area (TPSA) is 98.2 Å². The van der Waals surface area contributed by atoms with Gasteiger partial charge in [0.2, 0.25) is 11.8 Å². The van der Waals surface area contributed by atoms with Crippen LogP contribution in [0.15, 0.2) is 54.6 Å². The highest BCUT2D eigenvalue weighted by Crippen LogP contribution is 2.21. The second-order valence-corrected chi connectivity index (χ2v) is 6.56. The van der Waals surface area contributed by atoms with Gasteiger partial charge in [0.15, 0.2) is 0 Å². The van der Waals surface area contributed by atoms with Crippen LogP contribution in [0.5, 0.6) is 0 Å². The zero-order valence-corrected chi connectivity index (χ0v) is 14.6. The number of rotatable bonds is 7. The van der Waals surface area contributed by atoms with Gasteiger partial charge in [0, 0.05) is 0 Å². The summed E-state index contributed by atoms with van der Waals surface area (Å²) < 4.78 is 0. The summed E-state index contributed by atoms with van der Waals surface area (Å²) in [6.07, 6.45) is 0.487. The van der Waals surface area contributed by atoms with Crippen LogP contribution >= 0.6 is 0 Å². The van der Waals surface area contributed by atoms with Gasteiger partial charge in [0.25, 0.3) is 0 Å². The molecule has 0 saturated carbocycles. The lowest BCUT2D eigenvalue weighted by Crippen LogP contribution is -2.48. The van der Waals surface area contributed by atoms with Gasteiger partial charge in [-0.2, -0.15) is 0 Å². The molecule has 0 radical (unpaired) electrons. The molecule has 0 aromatic heterocycles. The summed E-state index contributed by atoms with van der Waals surface area (Å²) in [5, 5.41) is 2.65. The monoisotopic (exact) mass is 339 g/mol. The van der Waals surface area contributed by atoms with Gasteiger partial charge < -0.3 is 16.8 Å². The molecule has 2 aromatic rings. The molecule has 2 amide bonds. The second kappa shape index (κ2) is 8.44. The van der Waals surface area contributed by atoms with Gasteiger partial charge in [-0.05, 0) is 29.0 Å².